The van der Waals surface area contributed by atoms with E-state index in [0.29, 0.717) is 12.6 Å². The highest BCUT2D eigenvalue weighted by atomic mass is 16.5. The van der Waals surface area contributed by atoms with Crippen molar-refractivity contribution in [1.29, 1.82) is 0 Å². The van der Waals surface area contributed by atoms with Gasteiger partial charge in [0.25, 0.3) is 0 Å². The Labute approximate surface area is 161 Å². The first kappa shape index (κ1) is 18.1. The summed E-state index contributed by atoms with van der Waals surface area (Å²) in [6.45, 7) is 8.33. The van der Waals surface area contributed by atoms with Gasteiger partial charge in [-0.15, -0.1) is 0 Å². The quantitative estimate of drug-likeness (QED) is 0.733. The molecule has 2 heterocycles. The maximum atomic E-state index is 12.9. The average molecular weight is 367 g/mol. The van der Waals surface area contributed by atoms with E-state index in [1.165, 1.54) is 18.5 Å². The second-order valence-corrected chi connectivity index (χ2v) is 7.74. The van der Waals surface area contributed by atoms with Crippen LogP contribution in [0.4, 0.5) is 5.69 Å². The van der Waals surface area contributed by atoms with Gasteiger partial charge in [-0.1, -0.05) is 12.1 Å². The van der Waals surface area contributed by atoms with Crippen LogP contribution in [0.5, 0.6) is 5.75 Å². The van der Waals surface area contributed by atoms with Crippen LogP contribution >= 0.6 is 0 Å². The molecule has 5 nitrogen and oxygen atoms in total. The fraction of sp³-hybridized carbons (Fsp3) is 0.500. The van der Waals surface area contributed by atoms with Crippen molar-refractivity contribution in [1.82, 2.24) is 9.47 Å². The summed E-state index contributed by atoms with van der Waals surface area (Å²) in [6, 6.07) is 10.9. The van der Waals surface area contributed by atoms with Crippen LogP contribution in [0.3, 0.4) is 0 Å². The summed E-state index contributed by atoms with van der Waals surface area (Å²) < 4.78 is 7.84. The van der Waals surface area contributed by atoms with Crippen molar-refractivity contribution in [3.05, 3.63) is 47.3 Å². The van der Waals surface area contributed by atoms with Crippen molar-refractivity contribution in [2.24, 2.45) is 0 Å². The van der Waals surface area contributed by atoms with Crippen molar-refractivity contribution < 1.29 is 9.53 Å². The Morgan fingerprint density at radius 3 is 2.48 bits per heavy atom. The van der Waals surface area contributed by atoms with Crippen LogP contribution in [-0.4, -0.2) is 55.1 Å². The summed E-state index contributed by atoms with van der Waals surface area (Å²) in [5.74, 6) is 1.16. The molecule has 1 saturated carbocycles. The van der Waals surface area contributed by atoms with Crippen LogP contribution in [0.15, 0.2) is 30.3 Å². The van der Waals surface area contributed by atoms with E-state index < -0.39 is 0 Å². The first-order chi connectivity index (χ1) is 13.1. The molecule has 0 spiro atoms. The molecule has 27 heavy (non-hydrogen) atoms. The van der Waals surface area contributed by atoms with Gasteiger partial charge < -0.3 is 14.2 Å². The highest BCUT2D eigenvalue weighted by molar-refractivity contribution is 5.99. The summed E-state index contributed by atoms with van der Waals surface area (Å²) >= 11 is 0. The number of ether oxygens (including phenoxy) is 1. The zero-order valence-corrected chi connectivity index (χ0v) is 16.6. The lowest BCUT2D eigenvalue weighted by atomic mass is 10.1. The number of hydrogen-bond acceptors (Lipinski definition) is 4. The molecule has 1 saturated heterocycles. The molecule has 0 unspecified atom stereocenters. The highest BCUT2D eigenvalue weighted by Crippen LogP contribution is 2.38. The number of carbonyl (C=O) groups excluding carboxylic acids is 1. The first-order valence-corrected chi connectivity index (χ1v) is 9.90. The standard InChI is InChI=1S/C22H29N3O2/c1-16-14-19(17(2)25(16)18-8-9-18)21(26)15-23-10-12-24(13-11-23)20-6-4-5-7-22(20)27-3/h4-7,14,18H,8-13,15H2,1-3H3. The SMILES string of the molecule is COc1ccccc1N1CCN(CC(=O)c2cc(C)n(C3CC3)c2C)CC1. The molecule has 0 atom stereocenters. The fourth-order valence-electron chi connectivity index (χ4n) is 4.28. The van der Waals surface area contributed by atoms with Crippen LogP contribution in [0.2, 0.25) is 0 Å². The van der Waals surface area contributed by atoms with Crippen LogP contribution < -0.4 is 9.64 Å². The van der Waals surface area contributed by atoms with Crippen LogP contribution in [-0.2, 0) is 0 Å². The zero-order valence-electron chi connectivity index (χ0n) is 16.6. The fourth-order valence-corrected chi connectivity index (χ4v) is 4.28. The molecule has 144 valence electrons. The largest absolute Gasteiger partial charge is 0.495 e. The Kier molecular flexibility index (Phi) is 4.96. The minimum absolute atomic E-state index is 0.251. The number of para-hydroxylation sites is 2. The van der Waals surface area contributed by atoms with Gasteiger partial charge in [0, 0.05) is 49.2 Å². The van der Waals surface area contributed by atoms with E-state index >= 15 is 0 Å². The van der Waals surface area contributed by atoms with Gasteiger partial charge in [0.2, 0.25) is 0 Å². The van der Waals surface area contributed by atoms with Gasteiger partial charge in [0.15, 0.2) is 5.78 Å². The predicted molar refractivity (Wildman–Crippen MR) is 108 cm³/mol. The smallest absolute Gasteiger partial charge is 0.178 e. The van der Waals surface area contributed by atoms with Crippen molar-refractivity contribution in [3.8, 4) is 5.75 Å². The number of carbonyl (C=O) groups is 1. The number of nitrogens with zero attached hydrogens (tertiary/aromatic N) is 3. The van der Waals surface area contributed by atoms with E-state index in [1.54, 1.807) is 7.11 Å². The molecule has 2 aromatic rings. The van der Waals surface area contributed by atoms with Gasteiger partial charge in [-0.2, -0.15) is 0 Å². The van der Waals surface area contributed by atoms with Crippen LogP contribution in [0.25, 0.3) is 0 Å². The van der Waals surface area contributed by atoms with Gasteiger partial charge >= 0.3 is 0 Å². The molecular weight excluding hydrogens is 338 g/mol. The van der Waals surface area contributed by atoms with Gasteiger partial charge in [-0.3, -0.25) is 9.69 Å². The van der Waals surface area contributed by atoms with Gasteiger partial charge in [-0.25, -0.2) is 0 Å². The van der Waals surface area contributed by atoms with Crippen molar-refractivity contribution in [2.75, 3.05) is 44.7 Å². The summed E-state index contributed by atoms with van der Waals surface area (Å²) in [7, 11) is 1.71. The summed E-state index contributed by atoms with van der Waals surface area (Å²) in [4.78, 5) is 17.5. The van der Waals surface area contributed by atoms with Gasteiger partial charge in [0.05, 0.1) is 19.3 Å². The lowest BCUT2D eigenvalue weighted by Gasteiger charge is -2.36. The number of Topliss-reactive ketones (excluding diaryl/α,β-unsaturated/α-hetero) is 1. The molecule has 0 bridgehead atoms. The average Bonchev–Trinajstić information content (AvgIpc) is 3.47. The van der Waals surface area contributed by atoms with Gasteiger partial charge in [0.1, 0.15) is 5.75 Å². The number of methoxy groups -OCH3 is 1. The number of aryl methyl sites for hydroxylation is 1. The van der Waals surface area contributed by atoms with E-state index in [0.717, 1.165) is 48.9 Å². The van der Waals surface area contributed by atoms with Gasteiger partial charge in [-0.05, 0) is 44.9 Å². The molecule has 2 aliphatic rings. The molecule has 1 aromatic carbocycles. The summed E-state index contributed by atoms with van der Waals surface area (Å²) in [5.41, 5.74) is 4.41. The molecule has 0 N–H and O–H groups in total. The monoisotopic (exact) mass is 367 g/mol. The van der Waals surface area contributed by atoms with Crippen LogP contribution in [0.1, 0.15) is 40.6 Å². The van der Waals surface area contributed by atoms with E-state index in [-0.39, 0.29) is 5.78 Å². The molecule has 2 fully saturated rings. The Morgan fingerprint density at radius 2 is 1.81 bits per heavy atom. The normalized spacial score (nSPS) is 18.0. The molecule has 1 aliphatic heterocycles. The Morgan fingerprint density at radius 1 is 1.11 bits per heavy atom. The number of hydrogen-bond donors (Lipinski definition) is 0. The van der Waals surface area contributed by atoms with Crippen molar-refractivity contribution in [3.63, 3.8) is 0 Å². The summed E-state index contributed by atoms with van der Waals surface area (Å²) in [6.07, 6.45) is 2.49. The minimum Gasteiger partial charge on any atom is -0.495 e. The van der Waals surface area contributed by atoms with E-state index in [1.807, 2.05) is 18.2 Å². The maximum absolute atomic E-state index is 12.9. The molecule has 5 heteroatoms. The predicted octanol–water partition coefficient (Wildman–Crippen LogP) is 3.45. The third-order valence-corrected chi connectivity index (χ3v) is 5.86. The third-order valence-electron chi connectivity index (χ3n) is 5.86. The molecular formula is C22H29N3O2. The number of ketones is 1. The van der Waals surface area contributed by atoms with Crippen molar-refractivity contribution >= 4 is 11.5 Å². The number of anilines is 1. The third kappa shape index (κ3) is 3.61. The number of benzene rings is 1. The molecule has 1 aliphatic carbocycles. The lowest BCUT2D eigenvalue weighted by Crippen LogP contribution is -2.48. The van der Waals surface area contributed by atoms with Crippen molar-refractivity contribution in [2.45, 2.75) is 32.7 Å². The number of piperazine rings is 1. The molecule has 1 aromatic heterocycles. The van der Waals surface area contributed by atoms with Crippen LogP contribution in [0, 0.1) is 13.8 Å². The number of aromatic nitrogens is 1. The molecule has 0 radical (unpaired) electrons. The summed E-state index contributed by atoms with van der Waals surface area (Å²) in [5, 5.41) is 0. The highest BCUT2D eigenvalue weighted by Gasteiger charge is 2.29. The second kappa shape index (κ2) is 7.39. The zero-order chi connectivity index (χ0) is 19.0. The Bertz CT molecular complexity index is 830. The lowest BCUT2D eigenvalue weighted by molar-refractivity contribution is 0.0925. The number of rotatable bonds is 6. The van der Waals surface area contributed by atoms with E-state index in [2.05, 4.69) is 40.3 Å². The first-order valence-electron chi connectivity index (χ1n) is 9.90. The van der Waals surface area contributed by atoms with E-state index in [9.17, 15) is 4.79 Å². The topological polar surface area (TPSA) is 37.7 Å². The molecule has 4 rings (SSSR count). The van der Waals surface area contributed by atoms with E-state index in [4.69, 9.17) is 4.74 Å². The minimum atomic E-state index is 0.251. The Hall–Kier alpha value is -2.27. The second-order valence-electron chi connectivity index (χ2n) is 7.74. The maximum Gasteiger partial charge on any atom is 0.178 e. The molecule has 0 amide bonds. The Balaban J connectivity index is 1.38.